The van der Waals surface area contributed by atoms with Gasteiger partial charge in [-0.3, -0.25) is 0 Å². The van der Waals surface area contributed by atoms with Gasteiger partial charge in [0, 0.05) is 10.0 Å². The molecule has 2 aromatic rings. The first kappa shape index (κ1) is 10.6. The van der Waals surface area contributed by atoms with Crippen LogP contribution >= 0.6 is 27.5 Å². The van der Waals surface area contributed by atoms with Crippen LogP contribution in [0.3, 0.4) is 0 Å². The molecular weight excluding hydrogens is 279 g/mol. The van der Waals surface area contributed by atoms with Gasteiger partial charge < -0.3 is 4.52 Å². The van der Waals surface area contributed by atoms with Crippen molar-refractivity contribution in [3.05, 3.63) is 34.6 Å². The predicted molar refractivity (Wildman–Crippen MR) is 61.7 cm³/mol. The lowest BCUT2D eigenvalue weighted by Crippen LogP contribution is -1.84. The molecule has 0 bridgehead atoms. The molecule has 1 aromatic heterocycles. The molecule has 0 N–H and O–H groups in total. The van der Waals surface area contributed by atoms with Crippen molar-refractivity contribution in [1.82, 2.24) is 10.1 Å². The number of hydrogen-bond acceptors (Lipinski definition) is 3. The maximum atomic E-state index is 5.83. The van der Waals surface area contributed by atoms with E-state index in [-0.39, 0.29) is 5.38 Å². The van der Waals surface area contributed by atoms with Gasteiger partial charge >= 0.3 is 0 Å². The van der Waals surface area contributed by atoms with E-state index in [1.54, 1.807) is 6.92 Å². The molecule has 0 saturated carbocycles. The van der Waals surface area contributed by atoms with Gasteiger partial charge in [0.25, 0.3) is 0 Å². The second-order valence-corrected chi connectivity index (χ2v) is 4.65. The normalized spacial score (nSPS) is 12.7. The molecule has 1 atom stereocenters. The molecule has 0 radical (unpaired) electrons. The fourth-order valence-electron chi connectivity index (χ4n) is 1.11. The van der Waals surface area contributed by atoms with Crippen LogP contribution in [0.1, 0.15) is 18.2 Å². The third-order valence-corrected chi connectivity index (χ3v) is 2.60. The summed E-state index contributed by atoms with van der Waals surface area (Å²) in [7, 11) is 0. The van der Waals surface area contributed by atoms with E-state index >= 15 is 0 Å². The zero-order valence-corrected chi connectivity index (χ0v) is 10.3. The van der Waals surface area contributed by atoms with Crippen LogP contribution in [0.4, 0.5) is 0 Å². The highest BCUT2D eigenvalue weighted by molar-refractivity contribution is 9.10. The Kier molecular flexibility index (Phi) is 3.07. The highest BCUT2D eigenvalue weighted by atomic mass is 79.9. The minimum atomic E-state index is -0.262. The maximum absolute atomic E-state index is 5.83. The first-order valence-corrected chi connectivity index (χ1v) is 5.63. The summed E-state index contributed by atoms with van der Waals surface area (Å²) in [6.07, 6.45) is 0. The van der Waals surface area contributed by atoms with E-state index in [4.69, 9.17) is 16.1 Å². The van der Waals surface area contributed by atoms with Crippen LogP contribution in [-0.4, -0.2) is 10.1 Å². The molecule has 15 heavy (non-hydrogen) atoms. The molecule has 0 aliphatic heterocycles. The van der Waals surface area contributed by atoms with Crippen molar-refractivity contribution >= 4 is 27.5 Å². The highest BCUT2D eigenvalue weighted by Crippen LogP contribution is 2.22. The van der Waals surface area contributed by atoms with E-state index in [9.17, 15) is 0 Å². The van der Waals surface area contributed by atoms with Crippen LogP contribution < -0.4 is 0 Å². The van der Waals surface area contributed by atoms with Crippen molar-refractivity contribution in [2.45, 2.75) is 12.3 Å². The molecule has 1 heterocycles. The minimum Gasteiger partial charge on any atom is -0.337 e. The SMILES string of the molecule is CC(Cl)c1nc(-c2ccc(Br)cc2)no1. The van der Waals surface area contributed by atoms with Gasteiger partial charge in [0.15, 0.2) is 0 Å². The minimum absolute atomic E-state index is 0.262. The number of alkyl halides is 1. The zero-order chi connectivity index (χ0) is 10.8. The molecule has 3 nitrogen and oxygen atoms in total. The molecule has 78 valence electrons. The molecule has 0 saturated heterocycles. The summed E-state index contributed by atoms with van der Waals surface area (Å²) in [5.41, 5.74) is 0.908. The van der Waals surface area contributed by atoms with E-state index in [1.165, 1.54) is 0 Å². The van der Waals surface area contributed by atoms with Crippen LogP contribution in [-0.2, 0) is 0 Å². The molecule has 1 unspecified atom stereocenters. The number of hydrogen-bond donors (Lipinski definition) is 0. The first-order valence-electron chi connectivity index (χ1n) is 4.40. The predicted octanol–water partition coefficient (Wildman–Crippen LogP) is 3.80. The van der Waals surface area contributed by atoms with Gasteiger partial charge in [-0.1, -0.05) is 21.1 Å². The van der Waals surface area contributed by atoms with Gasteiger partial charge in [0.2, 0.25) is 11.7 Å². The van der Waals surface area contributed by atoms with E-state index in [0.29, 0.717) is 11.7 Å². The maximum Gasteiger partial charge on any atom is 0.244 e. The van der Waals surface area contributed by atoms with Crippen molar-refractivity contribution in [2.75, 3.05) is 0 Å². The van der Waals surface area contributed by atoms with Crippen LogP contribution in [0.5, 0.6) is 0 Å². The third-order valence-electron chi connectivity index (χ3n) is 1.88. The Morgan fingerprint density at radius 1 is 1.33 bits per heavy atom. The van der Waals surface area contributed by atoms with Crippen LogP contribution in [0.2, 0.25) is 0 Å². The Balaban J connectivity index is 2.33. The van der Waals surface area contributed by atoms with Crippen LogP contribution in [0.25, 0.3) is 11.4 Å². The highest BCUT2D eigenvalue weighted by Gasteiger charge is 2.12. The smallest absolute Gasteiger partial charge is 0.244 e. The summed E-state index contributed by atoms with van der Waals surface area (Å²) in [6.45, 7) is 1.79. The number of aromatic nitrogens is 2. The molecule has 0 fully saturated rings. The van der Waals surface area contributed by atoms with Gasteiger partial charge in [-0.15, -0.1) is 11.6 Å². The van der Waals surface area contributed by atoms with Crippen molar-refractivity contribution in [3.63, 3.8) is 0 Å². The van der Waals surface area contributed by atoms with Crippen LogP contribution in [0, 0.1) is 0 Å². The molecule has 5 heteroatoms. The average molecular weight is 288 g/mol. The summed E-state index contributed by atoms with van der Waals surface area (Å²) in [5.74, 6) is 1.000. The lowest BCUT2D eigenvalue weighted by molar-refractivity contribution is 0.379. The Morgan fingerprint density at radius 2 is 2.00 bits per heavy atom. The van der Waals surface area contributed by atoms with Gasteiger partial charge in [-0.25, -0.2) is 0 Å². The van der Waals surface area contributed by atoms with Crippen molar-refractivity contribution in [3.8, 4) is 11.4 Å². The number of halogens is 2. The Hall–Kier alpha value is -0.870. The number of rotatable bonds is 2. The Bertz CT molecular complexity index is 453. The fourth-order valence-corrected chi connectivity index (χ4v) is 1.47. The quantitative estimate of drug-likeness (QED) is 0.789. The van der Waals surface area contributed by atoms with Crippen molar-refractivity contribution in [1.29, 1.82) is 0 Å². The topological polar surface area (TPSA) is 38.9 Å². The molecule has 0 amide bonds. The van der Waals surface area contributed by atoms with E-state index in [0.717, 1.165) is 10.0 Å². The molecule has 0 aliphatic rings. The molecule has 2 rings (SSSR count). The lowest BCUT2D eigenvalue weighted by Gasteiger charge is -1.93. The van der Waals surface area contributed by atoms with E-state index in [2.05, 4.69) is 26.1 Å². The van der Waals surface area contributed by atoms with E-state index < -0.39 is 0 Å². The van der Waals surface area contributed by atoms with Crippen molar-refractivity contribution < 1.29 is 4.52 Å². The summed E-state index contributed by atoms with van der Waals surface area (Å²) >= 11 is 9.19. The summed E-state index contributed by atoms with van der Waals surface area (Å²) in [4.78, 5) is 4.18. The molecule has 0 spiro atoms. The zero-order valence-electron chi connectivity index (χ0n) is 7.95. The molecular formula is C10H8BrClN2O. The van der Waals surface area contributed by atoms with Gasteiger partial charge in [0.05, 0.1) is 0 Å². The van der Waals surface area contributed by atoms with Crippen molar-refractivity contribution in [2.24, 2.45) is 0 Å². The van der Waals surface area contributed by atoms with Crippen LogP contribution in [0.15, 0.2) is 33.3 Å². The largest absolute Gasteiger partial charge is 0.337 e. The lowest BCUT2D eigenvalue weighted by atomic mass is 10.2. The standard InChI is InChI=1S/C10H8BrClN2O/c1-6(12)10-13-9(14-15-10)7-2-4-8(11)5-3-7/h2-6H,1H3. The Morgan fingerprint density at radius 3 is 2.53 bits per heavy atom. The molecule has 1 aromatic carbocycles. The number of benzene rings is 1. The molecule has 0 aliphatic carbocycles. The second-order valence-electron chi connectivity index (χ2n) is 3.08. The third kappa shape index (κ3) is 2.38. The second kappa shape index (κ2) is 4.33. The van der Waals surface area contributed by atoms with Gasteiger partial charge in [-0.2, -0.15) is 4.98 Å². The monoisotopic (exact) mass is 286 g/mol. The van der Waals surface area contributed by atoms with Gasteiger partial charge in [0.1, 0.15) is 5.38 Å². The summed E-state index contributed by atoms with van der Waals surface area (Å²) in [5, 5.41) is 3.59. The first-order chi connectivity index (χ1) is 7.16. The Labute approximate surface area is 101 Å². The summed E-state index contributed by atoms with van der Waals surface area (Å²) in [6, 6.07) is 7.68. The van der Waals surface area contributed by atoms with E-state index in [1.807, 2.05) is 24.3 Å². The average Bonchev–Trinajstić information content (AvgIpc) is 2.68. The fraction of sp³-hybridized carbons (Fsp3) is 0.200. The van der Waals surface area contributed by atoms with Gasteiger partial charge in [-0.05, 0) is 31.2 Å². The number of nitrogens with zero attached hydrogens (tertiary/aromatic N) is 2. The summed E-state index contributed by atoms with van der Waals surface area (Å²) < 4.78 is 6.02.